The van der Waals surface area contributed by atoms with Crippen molar-refractivity contribution in [3.63, 3.8) is 0 Å². The molecule has 0 nitrogen and oxygen atoms in total. The van der Waals surface area contributed by atoms with Crippen LogP contribution in [0.5, 0.6) is 0 Å². The van der Waals surface area contributed by atoms with E-state index in [4.69, 9.17) is 0 Å². The molecule has 2 aliphatic carbocycles. The molecular formula is C26H22Hf. The second-order valence-corrected chi connectivity index (χ2v) is 17.0. The Morgan fingerprint density at radius 1 is 0.815 bits per heavy atom. The molecule has 0 aromatic heterocycles. The molecule has 1 heteroatoms. The van der Waals surface area contributed by atoms with Crippen LogP contribution < -0.4 is 3.32 Å². The van der Waals surface area contributed by atoms with Gasteiger partial charge in [-0.05, 0) is 0 Å². The van der Waals surface area contributed by atoms with Gasteiger partial charge in [0.2, 0.25) is 0 Å². The number of rotatable bonds is 3. The topological polar surface area (TPSA) is 0 Å². The zero-order valence-electron chi connectivity index (χ0n) is 15.6. The average molecular weight is 513 g/mol. The maximum atomic E-state index is 2.44. The summed E-state index contributed by atoms with van der Waals surface area (Å²) in [5.74, 6) is 0. The molecule has 0 heterocycles. The third-order valence-electron chi connectivity index (χ3n) is 5.79. The van der Waals surface area contributed by atoms with Crippen molar-refractivity contribution in [1.82, 2.24) is 0 Å². The molecule has 3 aromatic rings. The standard InChI is InChI=1S/C13H9.C8H8.C5H5.Hf/c1-3-7-12-10(5-1)9-11-6-2-4-8-13(11)12;1-2-8-6-4-3-5-7-8;1-2-4-5-3-1;/h1-5,7-8H,9H2;3-7H,1H3;1-3H,4H2;. The fraction of sp³-hybridized carbons (Fsp3) is 0.115. The van der Waals surface area contributed by atoms with E-state index in [9.17, 15) is 0 Å². The Labute approximate surface area is 168 Å². The molecular weight excluding hydrogens is 491 g/mol. The summed E-state index contributed by atoms with van der Waals surface area (Å²) in [7, 11) is 0. The molecule has 130 valence electrons. The molecule has 27 heavy (non-hydrogen) atoms. The van der Waals surface area contributed by atoms with E-state index in [0.29, 0.717) is 0 Å². The molecule has 5 rings (SSSR count). The van der Waals surface area contributed by atoms with Gasteiger partial charge in [-0.15, -0.1) is 0 Å². The van der Waals surface area contributed by atoms with Gasteiger partial charge in [-0.2, -0.15) is 0 Å². The molecule has 0 aliphatic heterocycles. The van der Waals surface area contributed by atoms with E-state index < -0.39 is 21.0 Å². The van der Waals surface area contributed by atoms with Crippen LogP contribution in [-0.2, 0) is 27.4 Å². The molecule has 0 radical (unpaired) electrons. The van der Waals surface area contributed by atoms with Gasteiger partial charge in [0.05, 0.1) is 0 Å². The molecule has 0 bridgehead atoms. The third kappa shape index (κ3) is 2.99. The van der Waals surface area contributed by atoms with Crippen LogP contribution in [0.2, 0.25) is 0 Å². The Morgan fingerprint density at radius 3 is 2.41 bits per heavy atom. The molecule has 0 saturated heterocycles. The van der Waals surface area contributed by atoms with Crippen LogP contribution >= 0.6 is 0 Å². The number of hydrogen-bond acceptors (Lipinski definition) is 0. The van der Waals surface area contributed by atoms with Crippen molar-refractivity contribution in [2.75, 3.05) is 0 Å². The van der Waals surface area contributed by atoms with Gasteiger partial charge in [-0.3, -0.25) is 0 Å². The number of fused-ring (bicyclic) bond motifs is 3. The van der Waals surface area contributed by atoms with Gasteiger partial charge in [-0.25, -0.2) is 0 Å². The summed E-state index contributed by atoms with van der Waals surface area (Å²) in [6, 6.07) is 27.1. The average Bonchev–Trinajstić information content (AvgIpc) is 3.37. The van der Waals surface area contributed by atoms with Crippen LogP contribution in [0, 0.1) is 0 Å². The first-order valence-corrected chi connectivity index (χ1v) is 15.0. The predicted molar refractivity (Wildman–Crippen MR) is 112 cm³/mol. The van der Waals surface area contributed by atoms with E-state index >= 15 is 0 Å². The summed E-state index contributed by atoms with van der Waals surface area (Å²) in [5, 5.41) is 0. The molecule has 2 aliphatic rings. The summed E-state index contributed by atoms with van der Waals surface area (Å²) in [5.41, 5.74) is 7.43. The Morgan fingerprint density at radius 2 is 1.59 bits per heavy atom. The SMILES string of the molecule is C/[C](c1ccccc1)=[Hf](/[C]1=CC=CC1)[c]1cccc2c1Cc1ccccc1-2. The zero-order chi connectivity index (χ0) is 18.2. The van der Waals surface area contributed by atoms with Crippen molar-refractivity contribution < 1.29 is 21.0 Å². The Bertz CT molecular complexity index is 1110. The second-order valence-electron chi connectivity index (χ2n) is 7.36. The third-order valence-corrected chi connectivity index (χ3v) is 16.8. The summed E-state index contributed by atoms with van der Waals surface area (Å²) in [4.78, 5) is 0. The van der Waals surface area contributed by atoms with Gasteiger partial charge in [0.15, 0.2) is 0 Å². The first kappa shape index (κ1) is 17.0. The molecule has 0 unspecified atom stereocenters. The van der Waals surface area contributed by atoms with Crippen LogP contribution in [0.3, 0.4) is 0 Å². The Kier molecular flexibility index (Phi) is 4.49. The summed E-state index contributed by atoms with van der Waals surface area (Å²) < 4.78 is 5.05. The van der Waals surface area contributed by atoms with Crippen LogP contribution in [0.1, 0.15) is 30.0 Å². The Balaban J connectivity index is 1.74. The van der Waals surface area contributed by atoms with Crippen molar-refractivity contribution in [1.29, 1.82) is 0 Å². The van der Waals surface area contributed by atoms with Crippen molar-refractivity contribution >= 4 is 6.58 Å². The molecule has 0 atom stereocenters. The summed E-state index contributed by atoms with van der Waals surface area (Å²) in [6.07, 6.45) is 9.24. The van der Waals surface area contributed by atoms with E-state index in [2.05, 4.69) is 97.9 Å². The normalized spacial score (nSPS) is 15.2. The Hall–Kier alpha value is -2.12. The van der Waals surface area contributed by atoms with Crippen molar-refractivity contribution in [3.8, 4) is 11.1 Å². The van der Waals surface area contributed by atoms with Crippen molar-refractivity contribution in [2.24, 2.45) is 0 Å². The predicted octanol–water partition coefficient (Wildman–Crippen LogP) is 5.59. The first-order valence-electron chi connectivity index (χ1n) is 9.66. The van der Waals surface area contributed by atoms with Gasteiger partial charge >= 0.3 is 169 Å². The molecule has 0 N–H and O–H groups in total. The fourth-order valence-electron chi connectivity index (χ4n) is 4.47. The quantitative estimate of drug-likeness (QED) is 0.314. The fourth-order valence-corrected chi connectivity index (χ4v) is 15.5. The monoisotopic (exact) mass is 514 g/mol. The van der Waals surface area contributed by atoms with Crippen LogP contribution in [0.25, 0.3) is 11.1 Å². The molecule has 3 aromatic carbocycles. The van der Waals surface area contributed by atoms with Gasteiger partial charge < -0.3 is 0 Å². The van der Waals surface area contributed by atoms with Gasteiger partial charge in [-0.1, -0.05) is 0 Å². The van der Waals surface area contributed by atoms with Crippen molar-refractivity contribution in [2.45, 2.75) is 19.8 Å². The van der Waals surface area contributed by atoms with E-state index in [1.165, 1.54) is 22.3 Å². The van der Waals surface area contributed by atoms with Gasteiger partial charge in [0, 0.05) is 0 Å². The minimum atomic E-state index is -2.37. The van der Waals surface area contributed by atoms with E-state index in [0.717, 1.165) is 12.8 Å². The molecule has 0 saturated carbocycles. The van der Waals surface area contributed by atoms with Crippen LogP contribution in [0.4, 0.5) is 0 Å². The molecule has 0 spiro atoms. The van der Waals surface area contributed by atoms with E-state index in [1.807, 2.05) is 0 Å². The van der Waals surface area contributed by atoms with E-state index in [-0.39, 0.29) is 0 Å². The van der Waals surface area contributed by atoms with Crippen LogP contribution in [0.15, 0.2) is 94.4 Å². The number of benzene rings is 3. The molecule has 0 amide bonds. The van der Waals surface area contributed by atoms with Crippen molar-refractivity contribution in [3.05, 3.63) is 111 Å². The summed E-state index contributed by atoms with van der Waals surface area (Å²) >= 11 is -2.37. The van der Waals surface area contributed by atoms with Gasteiger partial charge in [0.25, 0.3) is 0 Å². The van der Waals surface area contributed by atoms with E-state index in [1.54, 1.807) is 15.5 Å². The second kappa shape index (κ2) is 7.13. The zero-order valence-corrected chi connectivity index (χ0v) is 19.2. The number of hydrogen-bond donors (Lipinski definition) is 0. The summed E-state index contributed by atoms with van der Waals surface area (Å²) in [6.45, 7) is 2.40. The minimum absolute atomic E-state index is 1.10. The number of allylic oxidation sites excluding steroid dienone is 4. The van der Waals surface area contributed by atoms with Gasteiger partial charge in [0.1, 0.15) is 0 Å². The van der Waals surface area contributed by atoms with Crippen LogP contribution in [-0.4, -0.2) is 3.26 Å². The maximum absolute atomic E-state index is 2.44. The molecule has 0 fully saturated rings. The first-order chi connectivity index (χ1) is 13.3.